The van der Waals surface area contributed by atoms with Crippen molar-refractivity contribution in [2.45, 2.75) is 13.0 Å². The molecule has 1 atom stereocenters. The number of nitrogens with zero attached hydrogens (tertiary/aromatic N) is 1. The fraction of sp³-hybridized carbons (Fsp3) is 0.214. The van der Waals surface area contributed by atoms with E-state index in [1.807, 2.05) is 0 Å². The van der Waals surface area contributed by atoms with Gasteiger partial charge in [0.25, 0.3) is 5.91 Å². The highest BCUT2D eigenvalue weighted by atomic mass is 16.4. The Morgan fingerprint density at radius 1 is 1.30 bits per heavy atom. The number of fused-ring (bicyclic) bond motifs is 1. The maximum Gasteiger partial charge on any atom is 0.326 e. The number of hydrogen-bond donors (Lipinski definition) is 2. The van der Waals surface area contributed by atoms with Gasteiger partial charge in [-0.3, -0.25) is 9.59 Å². The average Bonchev–Trinajstić information content (AvgIpc) is 2.45. The van der Waals surface area contributed by atoms with Crippen molar-refractivity contribution < 1.29 is 14.7 Å². The Hall–Kier alpha value is -2.63. The summed E-state index contributed by atoms with van der Waals surface area (Å²) in [5.41, 5.74) is 0.149. The maximum atomic E-state index is 12.3. The molecule has 6 heteroatoms. The molecule has 0 aliphatic rings. The first-order chi connectivity index (χ1) is 9.43. The zero-order valence-electron chi connectivity index (χ0n) is 11.1. The van der Waals surface area contributed by atoms with E-state index in [2.05, 4.69) is 4.98 Å². The molecule has 2 N–H and O–H groups in total. The third-order valence-corrected chi connectivity index (χ3v) is 3.28. The second kappa shape index (κ2) is 5.16. The Balaban J connectivity index is 2.48. The van der Waals surface area contributed by atoms with Gasteiger partial charge in [-0.25, -0.2) is 4.79 Å². The van der Waals surface area contributed by atoms with Gasteiger partial charge in [0.05, 0.1) is 0 Å². The number of benzene rings is 1. The van der Waals surface area contributed by atoms with Crippen LogP contribution in [0.2, 0.25) is 0 Å². The summed E-state index contributed by atoms with van der Waals surface area (Å²) in [5, 5.41) is 9.31. The molecule has 1 heterocycles. The Morgan fingerprint density at radius 2 is 1.95 bits per heavy atom. The number of aromatic nitrogens is 1. The highest BCUT2D eigenvalue weighted by molar-refractivity contribution is 5.98. The van der Waals surface area contributed by atoms with Crippen LogP contribution in [0, 0.1) is 0 Å². The fourth-order valence-corrected chi connectivity index (χ4v) is 1.86. The smallest absolute Gasteiger partial charge is 0.326 e. The first kappa shape index (κ1) is 13.8. The molecule has 104 valence electrons. The third-order valence-electron chi connectivity index (χ3n) is 3.28. The first-order valence-corrected chi connectivity index (χ1v) is 6.04. The number of carbonyl (C=O) groups excluding carboxylic acids is 1. The van der Waals surface area contributed by atoms with Gasteiger partial charge in [-0.15, -0.1) is 0 Å². The summed E-state index contributed by atoms with van der Waals surface area (Å²) < 4.78 is 0. The lowest BCUT2D eigenvalue weighted by atomic mass is 10.1. The van der Waals surface area contributed by atoms with Crippen molar-refractivity contribution in [1.82, 2.24) is 9.88 Å². The predicted octanol–water partition coefficient (Wildman–Crippen LogP) is 1.07. The lowest BCUT2D eigenvalue weighted by Gasteiger charge is -2.21. The molecule has 1 unspecified atom stereocenters. The Kier molecular flexibility index (Phi) is 3.56. The molecule has 0 fully saturated rings. The lowest BCUT2D eigenvalue weighted by molar-refractivity contribution is -0.141. The summed E-state index contributed by atoms with van der Waals surface area (Å²) in [6.45, 7) is 1.38. The van der Waals surface area contributed by atoms with Crippen LogP contribution >= 0.6 is 0 Å². The number of carboxylic acid groups (broad SMARTS) is 1. The van der Waals surface area contributed by atoms with E-state index in [-0.39, 0.29) is 5.56 Å². The molecule has 2 aromatic rings. The van der Waals surface area contributed by atoms with Crippen molar-refractivity contribution in [2.75, 3.05) is 7.05 Å². The number of carbonyl (C=O) groups is 2. The number of H-pyrrole nitrogens is 1. The molecule has 1 amide bonds. The Morgan fingerprint density at radius 3 is 2.60 bits per heavy atom. The van der Waals surface area contributed by atoms with E-state index in [0.29, 0.717) is 10.9 Å². The van der Waals surface area contributed by atoms with Gasteiger partial charge in [-0.1, -0.05) is 12.1 Å². The van der Waals surface area contributed by atoms with E-state index in [0.717, 1.165) is 4.90 Å². The van der Waals surface area contributed by atoms with E-state index in [1.165, 1.54) is 20.2 Å². The minimum absolute atomic E-state index is 0.0701. The van der Waals surface area contributed by atoms with Gasteiger partial charge < -0.3 is 15.0 Å². The number of carboxylic acids is 1. The normalized spacial score (nSPS) is 12.1. The van der Waals surface area contributed by atoms with Crippen molar-refractivity contribution in [2.24, 2.45) is 0 Å². The number of likely N-dealkylation sites (N-methyl/N-ethyl adjacent to an activating group) is 1. The Bertz CT molecular complexity index is 735. The average molecular weight is 274 g/mol. The monoisotopic (exact) mass is 274 g/mol. The molecule has 1 aromatic heterocycles. The number of aliphatic carboxylic acids is 1. The van der Waals surface area contributed by atoms with Gasteiger partial charge in [0.1, 0.15) is 11.6 Å². The van der Waals surface area contributed by atoms with Gasteiger partial charge in [0.2, 0.25) is 5.43 Å². The first-order valence-electron chi connectivity index (χ1n) is 6.04. The maximum absolute atomic E-state index is 12.3. The van der Waals surface area contributed by atoms with Crippen LogP contribution < -0.4 is 5.43 Å². The molecule has 6 nitrogen and oxygen atoms in total. The van der Waals surface area contributed by atoms with Crippen LogP contribution in [0.3, 0.4) is 0 Å². The van der Waals surface area contributed by atoms with E-state index >= 15 is 0 Å². The Labute approximate surface area is 114 Å². The number of aromatic amines is 1. The summed E-state index contributed by atoms with van der Waals surface area (Å²) in [5.74, 6) is -1.75. The van der Waals surface area contributed by atoms with Crippen molar-refractivity contribution in [3.8, 4) is 0 Å². The molecule has 1 aromatic carbocycles. The fourth-order valence-electron chi connectivity index (χ4n) is 1.86. The van der Waals surface area contributed by atoms with Crippen LogP contribution in [0.25, 0.3) is 10.9 Å². The quantitative estimate of drug-likeness (QED) is 0.876. The number of rotatable bonds is 3. The number of nitrogens with one attached hydrogen (secondary N) is 1. The molecule has 0 saturated heterocycles. The summed E-state index contributed by atoms with van der Waals surface area (Å²) in [6, 6.07) is 5.82. The standard InChI is InChI=1S/C14H14N2O4/c1-8(14(19)20)16(2)13(18)10-7-15-11-6-4-3-5-9(11)12(10)17/h3-8H,1-2H3,(H,15,17)(H,19,20). The van der Waals surface area contributed by atoms with E-state index < -0.39 is 23.3 Å². The molecule has 0 saturated carbocycles. The summed E-state index contributed by atoms with van der Waals surface area (Å²) in [6.07, 6.45) is 1.32. The van der Waals surface area contributed by atoms with E-state index in [4.69, 9.17) is 5.11 Å². The van der Waals surface area contributed by atoms with Crippen LogP contribution in [-0.2, 0) is 4.79 Å². The minimum Gasteiger partial charge on any atom is -0.480 e. The van der Waals surface area contributed by atoms with Crippen LogP contribution in [0.1, 0.15) is 17.3 Å². The van der Waals surface area contributed by atoms with Gasteiger partial charge in [-0.05, 0) is 19.1 Å². The van der Waals surface area contributed by atoms with Crippen molar-refractivity contribution >= 4 is 22.8 Å². The zero-order chi connectivity index (χ0) is 14.9. The summed E-state index contributed by atoms with van der Waals surface area (Å²) in [7, 11) is 1.36. The van der Waals surface area contributed by atoms with Crippen LogP contribution in [0.5, 0.6) is 0 Å². The van der Waals surface area contributed by atoms with Crippen LogP contribution in [0.4, 0.5) is 0 Å². The minimum atomic E-state index is -1.13. The van der Waals surface area contributed by atoms with Gasteiger partial charge in [0.15, 0.2) is 0 Å². The van der Waals surface area contributed by atoms with Gasteiger partial charge >= 0.3 is 5.97 Å². The molecule has 0 radical (unpaired) electrons. The van der Waals surface area contributed by atoms with Crippen LogP contribution in [0.15, 0.2) is 35.3 Å². The second-order valence-electron chi connectivity index (χ2n) is 4.51. The van der Waals surface area contributed by atoms with Gasteiger partial charge in [0, 0.05) is 24.1 Å². The molecular weight excluding hydrogens is 260 g/mol. The zero-order valence-corrected chi connectivity index (χ0v) is 11.1. The second-order valence-corrected chi connectivity index (χ2v) is 4.51. The molecule has 2 rings (SSSR count). The molecule has 0 aliphatic heterocycles. The summed E-state index contributed by atoms with van der Waals surface area (Å²) in [4.78, 5) is 39.2. The lowest BCUT2D eigenvalue weighted by Crippen LogP contribution is -2.41. The van der Waals surface area contributed by atoms with Crippen LogP contribution in [-0.4, -0.2) is 40.0 Å². The molecular formula is C14H14N2O4. The third kappa shape index (κ3) is 2.27. The highest BCUT2D eigenvalue weighted by Gasteiger charge is 2.24. The van der Waals surface area contributed by atoms with E-state index in [9.17, 15) is 14.4 Å². The van der Waals surface area contributed by atoms with Gasteiger partial charge in [-0.2, -0.15) is 0 Å². The number of hydrogen-bond acceptors (Lipinski definition) is 3. The topological polar surface area (TPSA) is 90.5 Å². The number of para-hydroxylation sites is 1. The highest BCUT2D eigenvalue weighted by Crippen LogP contribution is 2.09. The number of amides is 1. The van der Waals surface area contributed by atoms with Crippen molar-refractivity contribution in [1.29, 1.82) is 0 Å². The number of pyridine rings is 1. The summed E-state index contributed by atoms with van der Waals surface area (Å²) >= 11 is 0. The largest absolute Gasteiger partial charge is 0.480 e. The van der Waals surface area contributed by atoms with Crippen molar-refractivity contribution in [3.05, 3.63) is 46.2 Å². The predicted molar refractivity (Wildman–Crippen MR) is 73.8 cm³/mol. The van der Waals surface area contributed by atoms with E-state index in [1.54, 1.807) is 24.3 Å². The molecule has 0 aliphatic carbocycles. The molecule has 20 heavy (non-hydrogen) atoms. The SMILES string of the molecule is CC(C(=O)O)N(C)C(=O)c1c[nH]c2ccccc2c1=O. The molecule has 0 spiro atoms. The van der Waals surface area contributed by atoms with Crippen molar-refractivity contribution in [3.63, 3.8) is 0 Å². The molecule has 0 bridgehead atoms.